The van der Waals surface area contributed by atoms with Crippen molar-refractivity contribution in [3.63, 3.8) is 0 Å². The number of phenols is 1. The highest BCUT2D eigenvalue weighted by Crippen LogP contribution is 2.67. The van der Waals surface area contributed by atoms with E-state index in [4.69, 9.17) is 23.8 Å². The summed E-state index contributed by atoms with van der Waals surface area (Å²) >= 11 is 0. The van der Waals surface area contributed by atoms with Gasteiger partial charge >= 0.3 is 6.16 Å². The van der Waals surface area contributed by atoms with Crippen molar-refractivity contribution in [1.29, 1.82) is 0 Å². The third-order valence-corrected chi connectivity index (χ3v) is 13.2. The van der Waals surface area contributed by atoms with Crippen LogP contribution in [0, 0.1) is 5.92 Å². The molecule has 0 amide bonds. The van der Waals surface area contributed by atoms with Crippen LogP contribution in [0.5, 0.6) is 23.0 Å². The van der Waals surface area contributed by atoms with E-state index in [1.165, 1.54) is 5.56 Å². The second-order valence-electron chi connectivity index (χ2n) is 14.8. The van der Waals surface area contributed by atoms with Gasteiger partial charge in [-0.15, -0.1) is 0 Å². The van der Waals surface area contributed by atoms with Crippen molar-refractivity contribution < 1.29 is 38.8 Å². The molecule has 2 aromatic carbocycles. The van der Waals surface area contributed by atoms with Gasteiger partial charge < -0.3 is 43.8 Å². The minimum atomic E-state index is -1.04. The van der Waals surface area contributed by atoms with E-state index in [2.05, 4.69) is 41.5 Å². The van der Waals surface area contributed by atoms with Crippen molar-refractivity contribution in [2.24, 2.45) is 5.92 Å². The Morgan fingerprint density at radius 1 is 1.00 bits per heavy atom. The molecule has 8 aliphatic rings. The monoisotopic (exact) mass is 641 g/mol. The van der Waals surface area contributed by atoms with Gasteiger partial charge in [-0.2, -0.15) is 0 Å². The minimum absolute atomic E-state index is 0.0649. The van der Waals surface area contributed by atoms with Crippen LogP contribution in [-0.4, -0.2) is 90.4 Å². The highest BCUT2D eigenvalue weighted by atomic mass is 16.8. The highest BCUT2D eigenvalue weighted by molar-refractivity contribution is 5.68. The van der Waals surface area contributed by atoms with E-state index in [1.807, 2.05) is 18.2 Å². The van der Waals surface area contributed by atoms with Crippen LogP contribution >= 0.6 is 0 Å². The van der Waals surface area contributed by atoms with E-state index in [0.29, 0.717) is 54.0 Å². The number of hydroxylamine groups is 1. The van der Waals surface area contributed by atoms with E-state index in [1.54, 1.807) is 13.2 Å². The number of hydrogen-bond acceptors (Lipinski definition) is 11. The fourth-order valence-electron chi connectivity index (χ4n) is 11.1. The van der Waals surface area contributed by atoms with Crippen molar-refractivity contribution in [2.45, 2.75) is 79.2 Å². The first-order valence-electron chi connectivity index (χ1n) is 16.8. The molecule has 3 N–H and O–H groups in total. The van der Waals surface area contributed by atoms with Gasteiger partial charge in [-0.25, -0.2) is 10.3 Å². The van der Waals surface area contributed by atoms with Crippen LogP contribution in [0.1, 0.15) is 47.9 Å². The van der Waals surface area contributed by atoms with E-state index >= 15 is 0 Å². The van der Waals surface area contributed by atoms with Gasteiger partial charge in [-0.05, 0) is 95.0 Å². The SMILES string of the molecule is COc1ccc2c3c1OC1=C(NOC(=O)O[C@H]4C=CC5C6Cc7ccc(O)c8c7[C@@]5(CCN6C)C4O8)CC[C@@]4(O)C(C2)N(C)CC[C@@]134. The molecule has 0 radical (unpaired) electrons. The Labute approximate surface area is 272 Å². The number of carbonyl (C=O) groups is 1. The van der Waals surface area contributed by atoms with E-state index in [-0.39, 0.29) is 17.7 Å². The third-order valence-electron chi connectivity index (χ3n) is 13.2. The maximum Gasteiger partial charge on any atom is 0.533 e. The lowest BCUT2D eigenvalue weighted by Gasteiger charge is -2.60. The van der Waals surface area contributed by atoms with Crippen molar-refractivity contribution in [1.82, 2.24) is 15.3 Å². The van der Waals surface area contributed by atoms with Crippen molar-refractivity contribution in [3.8, 4) is 23.0 Å². The largest absolute Gasteiger partial charge is 0.533 e. The molecule has 11 nitrogen and oxygen atoms in total. The Kier molecular flexibility index (Phi) is 5.47. The first-order valence-corrected chi connectivity index (χ1v) is 16.8. The Morgan fingerprint density at radius 3 is 2.66 bits per heavy atom. The summed E-state index contributed by atoms with van der Waals surface area (Å²) in [5.41, 5.74) is 5.71. The second kappa shape index (κ2) is 9.15. The molecular weight excluding hydrogens is 602 g/mol. The molecule has 246 valence electrons. The van der Waals surface area contributed by atoms with Crippen LogP contribution in [-0.2, 0) is 33.2 Å². The molecule has 2 spiro atoms. The normalized spacial score (nSPS) is 38.2. The molecule has 10 rings (SSSR count). The molecule has 2 saturated heterocycles. The lowest BCUT2D eigenvalue weighted by Crippen LogP contribution is -2.72. The van der Waals surface area contributed by atoms with Gasteiger partial charge in [0.05, 0.1) is 23.8 Å². The molecule has 4 aliphatic heterocycles. The summed E-state index contributed by atoms with van der Waals surface area (Å²) in [5, 5.41) is 23.3. The van der Waals surface area contributed by atoms with Gasteiger partial charge in [-0.1, -0.05) is 18.2 Å². The number of nitrogens with zero attached hydrogens (tertiary/aromatic N) is 2. The summed E-state index contributed by atoms with van der Waals surface area (Å²) in [7, 11) is 5.86. The first kappa shape index (κ1) is 28.1. The lowest BCUT2D eigenvalue weighted by atomic mass is 9.51. The summed E-state index contributed by atoms with van der Waals surface area (Å²) in [5.74, 6) is 2.66. The average molecular weight is 642 g/mol. The predicted molar refractivity (Wildman–Crippen MR) is 167 cm³/mol. The molecule has 4 aliphatic carbocycles. The third kappa shape index (κ3) is 3.21. The lowest BCUT2D eigenvalue weighted by molar-refractivity contribution is -0.142. The molecule has 0 aromatic heterocycles. The maximum absolute atomic E-state index is 13.4. The number of likely N-dealkylation sites (tertiary alicyclic amines) is 2. The van der Waals surface area contributed by atoms with Crippen LogP contribution in [0.2, 0.25) is 0 Å². The molecule has 2 fully saturated rings. The number of nitrogens with one attached hydrogen (secondary N) is 1. The summed E-state index contributed by atoms with van der Waals surface area (Å²) in [6.07, 6.45) is 6.04. The number of allylic oxidation sites excluding steroid dienone is 1. The Hall–Kier alpha value is -3.93. The quantitative estimate of drug-likeness (QED) is 0.259. The van der Waals surface area contributed by atoms with Gasteiger partial charge in [0.1, 0.15) is 11.9 Å². The van der Waals surface area contributed by atoms with Crippen molar-refractivity contribution >= 4 is 6.16 Å². The van der Waals surface area contributed by atoms with Crippen LogP contribution in [0.3, 0.4) is 0 Å². The van der Waals surface area contributed by atoms with Gasteiger partial charge in [-0.3, -0.25) is 0 Å². The smallest absolute Gasteiger partial charge is 0.504 e. The predicted octanol–water partition coefficient (Wildman–Crippen LogP) is 3.20. The van der Waals surface area contributed by atoms with E-state index in [9.17, 15) is 15.0 Å². The fraction of sp³-hybridized carbons (Fsp3) is 0.528. The molecule has 47 heavy (non-hydrogen) atoms. The topological polar surface area (TPSA) is 122 Å². The van der Waals surface area contributed by atoms with Crippen LogP contribution < -0.4 is 19.7 Å². The van der Waals surface area contributed by atoms with Crippen molar-refractivity contribution in [3.05, 3.63) is 70.1 Å². The number of methoxy groups -OCH3 is 1. The number of piperidine rings is 2. The summed E-state index contributed by atoms with van der Waals surface area (Å²) in [4.78, 5) is 23.7. The number of ether oxygens (including phenoxy) is 4. The van der Waals surface area contributed by atoms with E-state index < -0.39 is 34.8 Å². The van der Waals surface area contributed by atoms with Gasteiger partial charge in [0.15, 0.2) is 29.1 Å². The van der Waals surface area contributed by atoms with Crippen LogP contribution in [0.15, 0.2) is 47.9 Å². The van der Waals surface area contributed by atoms with Crippen LogP contribution in [0.4, 0.5) is 4.79 Å². The Bertz CT molecular complexity index is 1830. The van der Waals surface area contributed by atoms with Crippen molar-refractivity contribution in [2.75, 3.05) is 34.3 Å². The van der Waals surface area contributed by atoms with Gasteiger partial charge in [0.25, 0.3) is 0 Å². The number of rotatable bonds is 4. The number of benzene rings is 2. The first-order chi connectivity index (χ1) is 22.7. The molecule has 11 heteroatoms. The Morgan fingerprint density at radius 2 is 1.81 bits per heavy atom. The molecule has 4 bridgehead atoms. The molecule has 4 unspecified atom stereocenters. The number of phenolic OH excluding ortho intramolecular Hbond substituents is 1. The number of aliphatic hydroxyl groups is 1. The standard InChI is InChI=1S/C36H39N3O8/c1-38-14-12-34-20-6-9-25(32(34)45-29-23(40)7-4-18(27(29)34)16-22(20)38)44-33(41)47-37-21-10-11-36(42)26-17-19-5-8-24(43-3)30-28(19)35(36,31(21)46-30)13-15-39(26)2/h4-9,20,22,25-26,32,37,40,42H,10-17H2,1-3H3/t20?,22?,25-,26?,32?,34-,35-,36+/m0/s1. The second-order valence-corrected chi connectivity index (χ2v) is 14.8. The van der Waals surface area contributed by atoms with Crippen LogP contribution in [0.25, 0.3) is 0 Å². The Balaban J connectivity index is 0.954. The molecule has 0 saturated carbocycles. The number of aromatic hydroxyl groups is 1. The zero-order valence-corrected chi connectivity index (χ0v) is 26.7. The average Bonchev–Trinajstić information content (AvgIpc) is 3.60. The summed E-state index contributed by atoms with van der Waals surface area (Å²) < 4.78 is 24.8. The van der Waals surface area contributed by atoms with Gasteiger partial charge in [0, 0.05) is 34.5 Å². The molecule has 4 heterocycles. The zero-order chi connectivity index (χ0) is 32.0. The number of hydrogen-bond donors (Lipinski definition) is 3. The number of carbonyl (C=O) groups excluding carboxylic acids is 1. The van der Waals surface area contributed by atoms with Gasteiger partial charge in [0.2, 0.25) is 0 Å². The molecule has 2 aromatic rings. The molecule has 8 atom stereocenters. The molecular formula is C36H39N3O8. The summed E-state index contributed by atoms with van der Waals surface area (Å²) in [6, 6.07) is 7.97. The highest BCUT2D eigenvalue weighted by Gasteiger charge is 2.70. The number of likely N-dealkylation sites (N-methyl/N-ethyl adjacent to an activating group) is 2. The fourth-order valence-corrected chi connectivity index (χ4v) is 11.1. The zero-order valence-electron chi connectivity index (χ0n) is 26.7. The minimum Gasteiger partial charge on any atom is -0.504 e. The van der Waals surface area contributed by atoms with E-state index in [0.717, 1.165) is 49.0 Å². The maximum atomic E-state index is 13.4. The summed E-state index contributed by atoms with van der Waals surface area (Å²) in [6.45, 7) is 1.68.